The van der Waals surface area contributed by atoms with Crippen LogP contribution in [0.25, 0.3) is 0 Å². The Labute approximate surface area is 114 Å². The zero-order chi connectivity index (χ0) is 12.9. The summed E-state index contributed by atoms with van der Waals surface area (Å²) in [7, 11) is 2.18. The summed E-state index contributed by atoms with van der Waals surface area (Å²) >= 11 is 7.52. The molecule has 0 radical (unpaired) electrons. The van der Waals surface area contributed by atoms with Gasteiger partial charge in [0.2, 0.25) is 0 Å². The van der Waals surface area contributed by atoms with Gasteiger partial charge in [-0.1, -0.05) is 32.4 Å². The maximum atomic E-state index is 5.88. The molecule has 1 rings (SSSR count). The van der Waals surface area contributed by atoms with Crippen molar-refractivity contribution in [2.45, 2.75) is 27.3 Å². The summed E-state index contributed by atoms with van der Waals surface area (Å²) in [5.74, 6) is 0. The molecule has 2 nitrogen and oxygen atoms in total. The Hall–Kier alpha value is -0.0900. The van der Waals surface area contributed by atoms with Crippen LogP contribution in [0.2, 0.25) is 4.34 Å². The maximum Gasteiger partial charge on any atom is 0.0931 e. The van der Waals surface area contributed by atoms with Crippen LogP contribution in [0.4, 0.5) is 0 Å². The predicted octanol–water partition coefficient (Wildman–Crippen LogP) is 3.47. The van der Waals surface area contributed by atoms with Crippen molar-refractivity contribution < 1.29 is 0 Å². The Morgan fingerprint density at radius 2 is 2.06 bits per heavy atom. The lowest BCUT2D eigenvalue weighted by molar-refractivity contribution is 0.227. The molecule has 0 saturated carbocycles. The van der Waals surface area contributed by atoms with Gasteiger partial charge >= 0.3 is 0 Å². The number of hydrogen-bond donors (Lipinski definition) is 1. The molecule has 1 aromatic rings. The van der Waals surface area contributed by atoms with Crippen LogP contribution in [0.1, 0.15) is 25.6 Å². The third-order valence-corrected chi connectivity index (χ3v) is 3.57. The van der Waals surface area contributed by atoms with Gasteiger partial charge in [0.25, 0.3) is 0 Å². The average Bonchev–Trinajstić information content (AvgIpc) is 2.56. The normalized spacial score (nSPS) is 12.4. The van der Waals surface area contributed by atoms with Crippen LogP contribution in [0, 0.1) is 5.41 Å². The van der Waals surface area contributed by atoms with E-state index < -0.39 is 0 Å². The molecule has 17 heavy (non-hydrogen) atoms. The highest BCUT2D eigenvalue weighted by molar-refractivity contribution is 7.16. The van der Waals surface area contributed by atoms with Crippen LogP contribution in [0.15, 0.2) is 12.1 Å². The number of nitrogens with zero attached hydrogens (tertiary/aromatic N) is 1. The molecule has 0 aliphatic carbocycles. The summed E-state index contributed by atoms with van der Waals surface area (Å²) in [5, 5.41) is 3.44. The molecule has 0 spiro atoms. The molecule has 1 N–H and O–H groups in total. The van der Waals surface area contributed by atoms with Gasteiger partial charge in [0.15, 0.2) is 0 Å². The van der Waals surface area contributed by atoms with Gasteiger partial charge in [-0.3, -0.25) is 0 Å². The van der Waals surface area contributed by atoms with Crippen molar-refractivity contribution >= 4 is 22.9 Å². The molecule has 0 bridgehead atoms. The Bertz CT molecular complexity index is 330. The molecule has 0 fully saturated rings. The highest BCUT2D eigenvalue weighted by Crippen LogP contribution is 2.20. The van der Waals surface area contributed by atoms with Crippen molar-refractivity contribution in [3.05, 3.63) is 21.3 Å². The van der Waals surface area contributed by atoms with E-state index in [1.165, 1.54) is 4.88 Å². The van der Waals surface area contributed by atoms with E-state index in [2.05, 4.69) is 44.1 Å². The van der Waals surface area contributed by atoms with Crippen LogP contribution >= 0.6 is 22.9 Å². The van der Waals surface area contributed by atoms with Crippen LogP contribution in [0.3, 0.4) is 0 Å². The van der Waals surface area contributed by atoms with Gasteiger partial charge in [-0.2, -0.15) is 0 Å². The fourth-order valence-electron chi connectivity index (χ4n) is 1.82. The van der Waals surface area contributed by atoms with E-state index in [-0.39, 0.29) is 0 Å². The molecule has 0 aromatic carbocycles. The van der Waals surface area contributed by atoms with Crippen molar-refractivity contribution in [1.29, 1.82) is 0 Å². The topological polar surface area (TPSA) is 15.3 Å². The van der Waals surface area contributed by atoms with Gasteiger partial charge in [-0.25, -0.2) is 0 Å². The first-order chi connectivity index (χ1) is 7.87. The zero-order valence-corrected chi connectivity index (χ0v) is 12.8. The van der Waals surface area contributed by atoms with Crippen molar-refractivity contribution in [3.8, 4) is 0 Å². The van der Waals surface area contributed by atoms with Gasteiger partial charge in [0, 0.05) is 31.1 Å². The second-order valence-corrected chi connectivity index (χ2v) is 7.48. The van der Waals surface area contributed by atoms with E-state index in [0.717, 1.165) is 30.5 Å². The first kappa shape index (κ1) is 15.0. The maximum absolute atomic E-state index is 5.88. The number of nitrogens with one attached hydrogen (secondary N) is 1. The summed E-state index contributed by atoms with van der Waals surface area (Å²) in [6.45, 7) is 10.9. The molecule has 0 unspecified atom stereocenters. The highest BCUT2D eigenvalue weighted by atomic mass is 35.5. The minimum atomic E-state index is 0.371. The molecule has 4 heteroatoms. The monoisotopic (exact) mass is 274 g/mol. The molecular weight excluding hydrogens is 252 g/mol. The largest absolute Gasteiger partial charge is 0.311 e. The van der Waals surface area contributed by atoms with E-state index in [1.54, 1.807) is 11.3 Å². The standard InChI is InChI=1S/C13H23ClN2S/c1-13(2,3)10-16(4)8-7-15-9-11-5-6-12(14)17-11/h5-6,15H,7-10H2,1-4H3. The van der Waals surface area contributed by atoms with Crippen molar-refractivity contribution in [3.63, 3.8) is 0 Å². The molecule has 0 aliphatic rings. The number of halogens is 1. The van der Waals surface area contributed by atoms with Crippen molar-refractivity contribution in [1.82, 2.24) is 10.2 Å². The smallest absolute Gasteiger partial charge is 0.0931 e. The molecule has 0 atom stereocenters. The van der Waals surface area contributed by atoms with Crippen LogP contribution in [0.5, 0.6) is 0 Å². The molecule has 0 amide bonds. The fraction of sp³-hybridized carbons (Fsp3) is 0.692. The average molecular weight is 275 g/mol. The van der Waals surface area contributed by atoms with Crippen LogP contribution < -0.4 is 5.32 Å². The lowest BCUT2D eigenvalue weighted by Gasteiger charge is -2.26. The van der Waals surface area contributed by atoms with Gasteiger partial charge in [-0.15, -0.1) is 11.3 Å². The van der Waals surface area contributed by atoms with Crippen molar-refractivity contribution in [2.24, 2.45) is 5.41 Å². The second kappa shape index (κ2) is 6.74. The lowest BCUT2D eigenvalue weighted by Crippen LogP contribution is -2.34. The molecular formula is C13H23ClN2S. The molecule has 0 aliphatic heterocycles. The Kier molecular flexibility index (Phi) is 5.93. The van der Waals surface area contributed by atoms with Gasteiger partial charge in [0.05, 0.1) is 4.34 Å². The highest BCUT2D eigenvalue weighted by Gasteiger charge is 2.12. The molecule has 98 valence electrons. The Morgan fingerprint density at radius 1 is 1.35 bits per heavy atom. The van der Waals surface area contributed by atoms with E-state index in [0.29, 0.717) is 5.41 Å². The van der Waals surface area contributed by atoms with Crippen LogP contribution in [-0.2, 0) is 6.54 Å². The summed E-state index contributed by atoms with van der Waals surface area (Å²) in [6, 6.07) is 4.04. The van der Waals surface area contributed by atoms with Gasteiger partial charge < -0.3 is 10.2 Å². The second-order valence-electron chi connectivity index (χ2n) is 5.68. The van der Waals surface area contributed by atoms with E-state index in [9.17, 15) is 0 Å². The SMILES string of the molecule is CN(CCNCc1ccc(Cl)s1)CC(C)(C)C. The predicted molar refractivity (Wildman–Crippen MR) is 78.0 cm³/mol. The molecule has 0 saturated heterocycles. The minimum absolute atomic E-state index is 0.371. The number of hydrogen-bond acceptors (Lipinski definition) is 3. The number of thiophene rings is 1. The third-order valence-electron chi connectivity index (χ3n) is 2.34. The zero-order valence-electron chi connectivity index (χ0n) is 11.2. The first-order valence-electron chi connectivity index (χ1n) is 6.00. The number of rotatable bonds is 6. The quantitative estimate of drug-likeness (QED) is 0.799. The minimum Gasteiger partial charge on any atom is -0.311 e. The van der Waals surface area contributed by atoms with Gasteiger partial charge in [0.1, 0.15) is 0 Å². The summed E-state index contributed by atoms with van der Waals surface area (Å²) in [6.07, 6.45) is 0. The summed E-state index contributed by atoms with van der Waals surface area (Å²) in [5.41, 5.74) is 0.371. The molecule has 1 aromatic heterocycles. The fourth-order valence-corrected chi connectivity index (χ4v) is 2.87. The lowest BCUT2D eigenvalue weighted by atomic mass is 9.96. The van der Waals surface area contributed by atoms with E-state index >= 15 is 0 Å². The van der Waals surface area contributed by atoms with Crippen molar-refractivity contribution in [2.75, 3.05) is 26.7 Å². The summed E-state index contributed by atoms with van der Waals surface area (Å²) < 4.78 is 0.867. The van der Waals surface area contributed by atoms with E-state index in [4.69, 9.17) is 11.6 Å². The Balaban J connectivity index is 2.12. The number of likely N-dealkylation sites (N-methyl/N-ethyl adjacent to an activating group) is 1. The van der Waals surface area contributed by atoms with Gasteiger partial charge in [-0.05, 0) is 24.6 Å². The first-order valence-corrected chi connectivity index (χ1v) is 7.20. The Morgan fingerprint density at radius 3 is 2.59 bits per heavy atom. The third kappa shape index (κ3) is 7.04. The van der Waals surface area contributed by atoms with Crippen LogP contribution in [-0.4, -0.2) is 31.6 Å². The van der Waals surface area contributed by atoms with E-state index in [1.807, 2.05) is 6.07 Å². The molecule has 1 heterocycles. The summed E-state index contributed by atoms with van der Waals surface area (Å²) in [4.78, 5) is 3.67.